The van der Waals surface area contributed by atoms with Crippen LogP contribution in [0.15, 0.2) is 36.5 Å². The van der Waals surface area contributed by atoms with Gasteiger partial charge in [0.1, 0.15) is 5.75 Å². The van der Waals surface area contributed by atoms with E-state index in [4.69, 9.17) is 10.5 Å². The molecule has 0 aliphatic carbocycles. The number of hydrogen-bond acceptors (Lipinski definition) is 3. The molecule has 16 heavy (non-hydrogen) atoms. The fourth-order valence-corrected chi connectivity index (χ4v) is 1.44. The van der Waals surface area contributed by atoms with E-state index < -0.39 is 5.95 Å². The van der Waals surface area contributed by atoms with Crippen LogP contribution in [0.25, 0.3) is 11.1 Å². The number of aromatic nitrogens is 1. The van der Waals surface area contributed by atoms with Crippen molar-refractivity contribution in [1.29, 1.82) is 0 Å². The first-order valence-corrected chi connectivity index (χ1v) is 4.76. The molecule has 0 bridgehead atoms. The van der Waals surface area contributed by atoms with Crippen LogP contribution in [0.1, 0.15) is 0 Å². The summed E-state index contributed by atoms with van der Waals surface area (Å²) in [6.07, 6.45) is 1.47. The van der Waals surface area contributed by atoms with Crippen molar-refractivity contribution in [1.82, 2.24) is 4.98 Å². The number of pyridine rings is 1. The van der Waals surface area contributed by atoms with Crippen molar-refractivity contribution in [2.24, 2.45) is 0 Å². The summed E-state index contributed by atoms with van der Waals surface area (Å²) in [6, 6.07) is 8.36. The van der Waals surface area contributed by atoms with Crippen LogP contribution in [0.5, 0.6) is 5.75 Å². The van der Waals surface area contributed by atoms with Crippen molar-refractivity contribution in [3.8, 4) is 16.9 Å². The van der Waals surface area contributed by atoms with Gasteiger partial charge in [0.25, 0.3) is 0 Å². The third kappa shape index (κ3) is 1.95. The molecule has 3 nitrogen and oxygen atoms in total. The van der Waals surface area contributed by atoms with Crippen LogP contribution in [-0.2, 0) is 0 Å². The Kier molecular flexibility index (Phi) is 2.72. The van der Waals surface area contributed by atoms with E-state index in [1.807, 2.05) is 6.07 Å². The van der Waals surface area contributed by atoms with E-state index in [2.05, 4.69) is 4.98 Å². The minimum absolute atomic E-state index is 0.494. The first-order chi connectivity index (χ1) is 7.70. The first-order valence-electron chi connectivity index (χ1n) is 4.76. The Hall–Kier alpha value is -2.10. The zero-order chi connectivity index (χ0) is 11.5. The quantitative estimate of drug-likeness (QED) is 0.622. The van der Waals surface area contributed by atoms with E-state index in [0.717, 1.165) is 11.1 Å². The summed E-state index contributed by atoms with van der Waals surface area (Å²) < 4.78 is 17.8. The van der Waals surface area contributed by atoms with Crippen LogP contribution in [-0.4, -0.2) is 12.1 Å². The molecule has 0 saturated carbocycles. The van der Waals surface area contributed by atoms with Crippen molar-refractivity contribution in [3.05, 3.63) is 42.5 Å². The highest BCUT2D eigenvalue weighted by molar-refractivity contribution is 5.69. The number of nitrogen functional groups attached to an aromatic ring is 1. The third-order valence-electron chi connectivity index (χ3n) is 2.29. The first kappa shape index (κ1) is 10.4. The SMILES string of the molecule is COc1cc(-c2ccc(F)nc2)ccc1N. The van der Waals surface area contributed by atoms with E-state index in [0.29, 0.717) is 11.4 Å². The van der Waals surface area contributed by atoms with E-state index in [1.165, 1.54) is 12.3 Å². The molecule has 2 N–H and O–H groups in total. The summed E-state index contributed by atoms with van der Waals surface area (Å²) in [5.41, 5.74) is 7.98. The molecule has 1 aromatic carbocycles. The minimum Gasteiger partial charge on any atom is -0.495 e. The van der Waals surface area contributed by atoms with Crippen LogP contribution in [0.3, 0.4) is 0 Å². The van der Waals surface area contributed by atoms with Crippen molar-refractivity contribution >= 4 is 5.69 Å². The van der Waals surface area contributed by atoms with Gasteiger partial charge in [-0.15, -0.1) is 0 Å². The number of methoxy groups -OCH3 is 1. The van der Waals surface area contributed by atoms with Crippen LogP contribution in [0.4, 0.5) is 10.1 Å². The summed E-state index contributed by atoms with van der Waals surface area (Å²) in [4.78, 5) is 3.59. The second-order valence-corrected chi connectivity index (χ2v) is 3.33. The molecule has 0 unspecified atom stereocenters. The van der Waals surface area contributed by atoms with Gasteiger partial charge in [-0.3, -0.25) is 0 Å². The Bertz CT molecular complexity index is 497. The van der Waals surface area contributed by atoms with Gasteiger partial charge in [-0.25, -0.2) is 4.98 Å². The number of ether oxygens (including phenoxy) is 1. The third-order valence-corrected chi connectivity index (χ3v) is 2.29. The molecular weight excluding hydrogens is 207 g/mol. The predicted molar refractivity (Wildman–Crippen MR) is 60.6 cm³/mol. The molecule has 0 fully saturated rings. The molecule has 4 heteroatoms. The van der Waals surface area contributed by atoms with E-state index in [1.54, 1.807) is 25.3 Å². The Morgan fingerprint density at radius 2 is 1.94 bits per heavy atom. The van der Waals surface area contributed by atoms with Gasteiger partial charge >= 0.3 is 0 Å². The summed E-state index contributed by atoms with van der Waals surface area (Å²) in [5, 5.41) is 0. The highest BCUT2D eigenvalue weighted by atomic mass is 19.1. The normalized spacial score (nSPS) is 10.1. The Balaban J connectivity index is 2.44. The number of benzene rings is 1. The molecule has 2 aromatic rings. The average Bonchev–Trinajstić information content (AvgIpc) is 2.31. The van der Waals surface area contributed by atoms with Crippen molar-refractivity contribution in [2.75, 3.05) is 12.8 Å². The zero-order valence-corrected chi connectivity index (χ0v) is 8.77. The van der Waals surface area contributed by atoms with Gasteiger partial charge in [-0.1, -0.05) is 6.07 Å². The maximum absolute atomic E-state index is 12.7. The zero-order valence-electron chi connectivity index (χ0n) is 8.77. The monoisotopic (exact) mass is 218 g/mol. The molecule has 82 valence electrons. The van der Waals surface area contributed by atoms with E-state index >= 15 is 0 Å². The molecule has 0 radical (unpaired) electrons. The number of nitrogens with two attached hydrogens (primary N) is 1. The van der Waals surface area contributed by atoms with Gasteiger partial charge in [0.2, 0.25) is 5.95 Å². The molecular formula is C12H11FN2O. The molecule has 0 spiro atoms. The molecule has 0 amide bonds. The lowest BCUT2D eigenvalue weighted by atomic mass is 10.1. The highest BCUT2D eigenvalue weighted by Gasteiger charge is 2.03. The summed E-state index contributed by atoms with van der Waals surface area (Å²) in [7, 11) is 1.55. The lowest BCUT2D eigenvalue weighted by molar-refractivity contribution is 0.417. The van der Waals surface area contributed by atoms with Gasteiger partial charge in [-0.05, 0) is 29.8 Å². The summed E-state index contributed by atoms with van der Waals surface area (Å²) in [5.74, 6) is 0.105. The van der Waals surface area contributed by atoms with Gasteiger partial charge in [0.05, 0.1) is 12.8 Å². The number of halogens is 1. The molecule has 0 saturated heterocycles. The van der Waals surface area contributed by atoms with Gasteiger partial charge in [-0.2, -0.15) is 4.39 Å². The fraction of sp³-hybridized carbons (Fsp3) is 0.0833. The molecule has 0 aliphatic rings. The number of hydrogen-bond donors (Lipinski definition) is 1. The molecule has 1 aromatic heterocycles. The van der Waals surface area contributed by atoms with E-state index in [9.17, 15) is 4.39 Å². The summed E-state index contributed by atoms with van der Waals surface area (Å²) >= 11 is 0. The molecule has 0 aliphatic heterocycles. The lowest BCUT2D eigenvalue weighted by Gasteiger charge is -2.07. The average molecular weight is 218 g/mol. The molecule has 0 atom stereocenters. The fourth-order valence-electron chi connectivity index (χ4n) is 1.44. The van der Waals surface area contributed by atoms with E-state index in [-0.39, 0.29) is 0 Å². The maximum Gasteiger partial charge on any atom is 0.212 e. The second kappa shape index (κ2) is 4.18. The van der Waals surface area contributed by atoms with Crippen molar-refractivity contribution < 1.29 is 9.13 Å². The van der Waals surface area contributed by atoms with Gasteiger partial charge < -0.3 is 10.5 Å². The number of nitrogens with zero attached hydrogens (tertiary/aromatic N) is 1. The maximum atomic E-state index is 12.7. The van der Waals surface area contributed by atoms with Crippen LogP contribution in [0.2, 0.25) is 0 Å². The smallest absolute Gasteiger partial charge is 0.212 e. The highest BCUT2D eigenvalue weighted by Crippen LogP contribution is 2.28. The standard InChI is InChI=1S/C12H11FN2O/c1-16-11-6-8(2-4-10(11)14)9-3-5-12(13)15-7-9/h2-7H,14H2,1H3. The van der Waals surface area contributed by atoms with Crippen LogP contribution in [0, 0.1) is 5.95 Å². The Labute approximate surface area is 92.7 Å². The molecule has 1 heterocycles. The lowest BCUT2D eigenvalue weighted by Crippen LogP contribution is -1.92. The number of rotatable bonds is 2. The van der Waals surface area contributed by atoms with Gasteiger partial charge in [0, 0.05) is 11.8 Å². The number of anilines is 1. The topological polar surface area (TPSA) is 48.1 Å². The van der Waals surface area contributed by atoms with Crippen molar-refractivity contribution in [3.63, 3.8) is 0 Å². The van der Waals surface area contributed by atoms with Crippen molar-refractivity contribution in [2.45, 2.75) is 0 Å². The predicted octanol–water partition coefficient (Wildman–Crippen LogP) is 2.48. The Morgan fingerprint density at radius 3 is 2.56 bits per heavy atom. The summed E-state index contributed by atoms with van der Waals surface area (Å²) in [6.45, 7) is 0. The minimum atomic E-state index is -0.494. The van der Waals surface area contributed by atoms with Gasteiger partial charge in [0.15, 0.2) is 0 Å². The Morgan fingerprint density at radius 1 is 1.19 bits per heavy atom. The van der Waals surface area contributed by atoms with Crippen LogP contribution < -0.4 is 10.5 Å². The second-order valence-electron chi connectivity index (χ2n) is 3.33. The largest absolute Gasteiger partial charge is 0.495 e. The van der Waals surface area contributed by atoms with Crippen LogP contribution >= 0.6 is 0 Å². The molecule has 2 rings (SSSR count).